The Balaban J connectivity index is 1.58. The van der Waals surface area contributed by atoms with Crippen LogP contribution in [0.1, 0.15) is 5.56 Å². The van der Waals surface area contributed by atoms with E-state index in [0.29, 0.717) is 16.3 Å². The van der Waals surface area contributed by atoms with Gasteiger partial charge in [0.1, 0.15) is 0 Å². The Morgan fingerprint density at radius 1 is 1.03 bits per heavy atom. The molecule has 0 saturated heterocycles. The summed E-state index contributed by atoms with van der Waals surface area (Å²) in [7, 11) is 0. The Morgan fingerprint density at radius 3 is 2.63 bits per heavy atom. The standard InChI is InChI=1S/C23H19ClN4O2/c24-17-4-5-20-21(6-7-25-22(20)12-17)26-18-10-16(15-29)11-19(13-18)27-23(30)14-28-8-2-1-3-9-28/h1-13,29H,14-15H2,(H-,25,26,27,30)/p+1. The molecule has 0 spiro atoms. The lowest BCUT2D eigenvalue weighted by atomic mass is 10.1. The quantitative estimate of drug-likeness (QED) is 0.412. The fourth-order valence-electron chi connectivity index (χ4n) is 3.22. The number of nitrogens with one attached hydrogen (secondary N) is 2. The third-order valence-electron chi connectivity index (χ3n) is 4.55. The smallest absolute Gasteiger partial charge is 0.290 e. The first kappa shape index (κ1) is 19.8. The molecule has 3 N–H and O–H groups in total. The number of aliphatic hydroxyl groups excluding tert-OH is 1. The van der Waals surface area contributed by atoms with Crippen molar-refractivity contribution < 1.29 is 14.5 Å². The molecule has 0 unspecified atom stereocenters. The number of aromatic nitrogens is 2. The summed E-state index contributed by atoms with van der Waals surface area (Å²) < 4.78 is 1.79. The molecule has 0 aliphatic carbocycles. The van der Waals surface area contributed by atoms with Crippen LogP contribution in [0.3, 0.4) is 0 Å². The van der Waals surface area contributed by atoms with Gasteiger partial charge in [-0.25, -0.2) is 0 Å². The number of hydrogen-bond donors (Lipinski definition) is 3. The highest BCUT2D eigenvalue weighted by molar-refractivity contribution is 6.31. The molecular weight excluding hydrogens is 400 g/mol. The van der Waals surface area contributed by atoms with E-state index in [1.165, 1.54) is 0 Å². The van der Waals surface area contributed by atoms with Crippen molar-refractivity contribution in [1.82, 2.24) is 4.98 Å². The average molecular weight is 420 g/mol. The van der Waals surface area contributed by atoms with E-state index in [2.05, 4.69) is 15.6 Å². The molecule has 1 amide bonds. The van der Waals surface area contributed by atoms with Crippen molar-refractivity contribution >= 4 is 45.5 Å². The number of rotatable bonds is 6. The van der Waals surface area contributed by atoms with Gasteiger partial charge in [0, 0.05) is 45.8 Å². The van der Waals surface area contributed by atoms with Crippen molar-refractivity contribution in [3.05, 3.63) is 89.8 Å². The van der Waals surface area contributed by atoms with Crippen molar-refractivity contribution in [3.8, 4) is 0 Å². The van der Waals surface area contributed by atoms with Crippen molar-refractivity contribution in [2.75, 3.05) is 10.6 Å². The summed E-state index contributed by atoms with van der Waals surface area (Å²) in [5, 5.41) is 17.4. The molecule has 0 aliphatic heterocycles. The summed E-state index contributed by atoms with van der Waals surface area (Å²) in [5.41, 5.74) is 3.66. The summed E-state index contributed by atoms with van der Waals surface area (Å²) >= 11 is 6.07. The van der Waals surface area contributed by atoms with Crippen LogP contribution in [0.25, 0.3) is 10.9 Å². The van der Waals surface area contributed by atoms with Crippen molar-refractivity contribution in [1.29, 1.82) is 0 Å². The Morgan fingerprint density at radius 2 is 1.83 bits per heavy atom. The third kappa shape index (κ3) is 4.74. The van der Waals surface area contributed by atoms with Gasteiger partial charge in [-0.1, -0.05) is 17.7 Å². The molecule has 7 heteroatoms. The number of carbonyl (C=O) groups excluding carboxylic acids is 1. The Hall–Kier alpha value is -3.48. The minimum absolute atomic E-state index is 0.140. The number of halogens is 1. The fraction of sp³-hybridized carbons (Fsp3) is 0.0870. The summed E-state index contributed by atoms with van der Waals surface area (Å²) in [5.74, 6) is -0.156. The molecule has 150 valence electrons. The van der Waals surface area contributed by atoms with Crippen LogP contribution in [-0.2, 0) is 17.9 Å². The first-order valence-electron chi connectivity index (χ1n) is 9.41. The second-order valence-corrected chi connectivity index (χ2v) is 7.25. The van der Waals surface area contributed by atoms with E-state index in [4.69, 9.17) is 11.6 Å². The molecule has 6 nitrogen and oxygen atoms in total. The number of anilines is 3. The topological polar surface area (TPSA) is 78.1 Å². The second kappa shape index (κ2) is 8.90. The van der Waals surface area contributed by atoms with Gasteiger partial charge >= 0.3 is 0 Å². The first-order valence-corrected chi connectivity index (χ1v) is 9.78. The number of aliphatic hydroxyl groups is 1. The van der Waals surface area contributed by atoms with Gasteiger partial charge in [0.15, 0.2) is 12.4 Å². The largest absolute Gasteiger partial charge is 0.392 e. The number of nitrogens with zero attached hydrogens (tertiary/aromatic N) is 2. The van der Waals surface area contributed by atoms with Crippen LogP contribution in [0, 0.1) is 0 Å². The van der Waals surface area contributed by atoms with Gasteiger partial charge in [-0.05, 0) is 48.0 Å². The van der Waals surface area contributed by atoms with Gasteiger partial charge in [0.25, 0.3) is 5.91 Å². The number of carbonyl (C=O) groups is 1. The van der Waals surface area contributed by atoms with Crippen LogP contribution in [-0.4, -0.2) is 16.0 Å². The van der Waals surface area contributed by atoms with Gasteiger partial charge in [-0.15, -0.1) is 0 Å². The van der Waals surface area contributed by atoms with E-state index in [9.17, 15) is 9.90 Å². The minimum Gasteiger partial charge on any atom is -0.392 e. The molecule has 0 radical (unpaired) electrons. The molecule has 0 bridgehead atoms. The van der Waals surface area contributed by atoms with E-state index in [1.807, 2.05) is 60.9 Å². The fourth-order valence-corrected chi connectivity index (χ4v) is 3.39. The SMILES string of the molecule is O=C(C[n+]1ccccc1)Nc1cc(CO)cc(Nc2ccnc3cc(Cl)ccc23)c1. The van der Waals surface area contributed by atoms with Crippen molar-refractivity contribution in [2.45, 2.75) is 13.2 Å². The summed E-state index contributed by atoms with van der Waals surface area (Å²) in [6, 6.07) is 18.4. The van der Waals surface area contributed by atoms with Crippen LogP contribution in [0.2, 0.25) is 5.02 Å². The second-order valence-electron chi connectivity index (χ2n) is 6.82. The van der Waals surface area contributed by atoms with E-state index < -0.39 is 0 Å². The maximum absolute atomic E-state index is 12.4. The zero-order chi connectivity index (χ0) is 20.9. The normalized spacial score (nSPS) is 10.7. The van der Waals surface area contributed by atoms with E-state index in [-0.39, 0.29) is 19.1 Å². The van der Waals surface area contributed by atoms with E-state index in [1.54, 1.807) is 22.9 Å². The van der Waals surface area contributed by atoms with Crippen LogP contribution in [0.15, 0.2) is 79.3 Å². The maximum atomic E-state index is 12.4. The molecule has 0 saturated carbocycles. The van der Waals surface area contributed by atoms with Crippen molar-refractivity contribution in [2.24, 2.45) is 0 Å². The Bertz CT molecular complexity index is 1200. The molecule has 0 fully saturated rings. The summed E-state index contributed by atoms with van der Waals surface area (Å²) in [4.78, 5) is 16.8. The molecule has 2 heterocycles. The third-order valence-corrected chi connectivity index (χ3v) is 4.78. The van der Waals surface area contributed by atoms with Crippen LogP contribution in [0.4, 0.5) is 17.1 Å². The molecule has 4 rings (SSSR count). The number of pyridine rings is 2. The van der Waals surface area contributed by atoms with Gasteiger partial charge in [-0.2, -0.15) is 4.57 Å². The van der Waals surface area contributed by atoms with Gasteiger partial charge in [-0.3, -0.25) is 9.78 Å². The molecule has 4 aromatic rings. The first-order chi connectivity index (χ1) is 14.6. The average Bonchev–Trinajstić information content (AvgIpc) is 2.74. The highest BCUT2D eigenvalue weighted by Crippen LogP contribution is 2.29. The minimum atomic E-state index is -0.156. The Labute approximate surface area is 178 Å². The van der Waals surface area contributed by atoms with Gasteiger partial charge in [0.05, 0.1) is 12.1 Å². The molecule has 30 heavy (non-hydrogen) atoms. The number of benzene rings is 2. The zero-order valence-electron chi connectivity index (χ0n) is 16.0. The lowest BCUT2D eigenvalue weighted by Gasteiger charge is -2.13. The molecule has 0 atom stereocenters. The lowest BCUT2D eigenvalue weighted by molar-refractivity contribution is -0.684. The van der Waals surface area contributed by atoms with Crippen LogP contribution in [0.5, 0.6) is 0 Å². The monoisotopic (exact) mass is 419 g/mol. The lowest BCUT2D eigenvalue weighted by Crippen LogP contribution is -2.39. The van der Waals surface area contributed by atoms with Gasteiger partial charge in [0.2, 0.25) is 6.54 Å². The molecule has 0 aliphatic rings. The maximum Gasteiger partial charge on any atom is 0.290 e. The van der Waals surface area contributed by atoms with E-state index >= 15 is 0 Å². The predicted molar refractivity (Wildman–Crippen MR) is 118 cm³/mol. The number of hydrogen-bond acceptors (Lipinski definition) is 4. The van der Waals surface area contributed by atoms with Gasteiger partial charge < -0.3 is 15.7 Å². The zero-order valence-corrected chi connectivity index (χ0v) is 16.8. The number of amides is 1. The molecular formula is C23H20ClN4O2+. The Kier molecular flexibility index (Phi) is 5.88. The molecule has 2 aromatic heterocycles. The highest BCUT2D eigenvalue weighted by Gasteiger charge is 2.11. The van der Waals surface area contributed by atoms with Crippen molar-refractivity contribution in [3.63, 3.8) is 0 Å². The van der Waals surface area contributed by atoms with Crippen LogP contribution >= 0.6 is 11.6 Å². The summed E-state index contributed by atoms with van der Waals surface area (Å²) in [6.07, 6.45) is 5.37. The number of fused-ring (bicyclic) bond motifs is 1. The molecule has 2 aromatic carbocycles. The summed E-state index contributed by atoms with van der Waals surface area (Å²) in [6.45, 7) is 0.0568. The highest BCUT2D eigenvalue weighted by atomic mass is 35.5. The predicted octanol–water partition coefficient (Wildman–Crippen LogP) is 4.05. The van der Waals surface area contributed by atoms with E-state index in [0.717, 1.165) is 22.3 Å². The van der Waals surface area contributed by atoms with Crippen LogP contribution < -0.4 is 15.2 Å².